The Hall–Kier alpha value is -0.920. The van der Waals surface area contributed by atoms with Gasteiger partial charge in [-0.25, -0.2) is 13.1 Å². The van der Waals surface area contributed by atoms with E-state index in [1.54, 1.807) is 6.92 Å². The molecule has 1 unspecified atom stereocenters. The van der Waals surface area contributed by atoms with Gasteiger partial charge in [0.25, 0.3) is 10.0 Å². The van der Waals surface area contributed by atoms with Crippen LogP contribution in [0, 0.1) is 0 Å². The summed E-state index contributed by atoms with van der Waals surface area (Å²) in [4.78, 5) is 0. The van der Waals surface area contributed by atoms with Gasteiger partial charge < -0.3 is 5.11 Å². The van der Waals surface area contributed by atoms with Gasteiger partial charge in [0, 0.05) is 6.54 Å². The summed E-state index contributed by atoms with van der Waals surface area (Å²) in [5.74, 6) is 0. The average Bonchev–Trinajstić information content (AvgIpc) is 2.67. The van der Waals surface area contributed by atoms with E-state index in [0.29, 0.717) is 6.42 Å². The molecular weight excluding hydrogens is 206 g/mol. The lowest BCUT2D eigenvalue weighted by molar-refractivity contribution is 0.174. The van der Waals surface area contributed by atoms with E-state index in [9.17, 15) is 8.42 Å². The zero-order chi connectivity index (χ0) is 10.6. The summed E-state index contributed by atoms with van der Waals surface area (Å²) >= 11 is 0. The van der Waals surface area contributed by atoms with Gasteiger partial charge in [0.1, 0.15) is 0 Å². The second-order valence-corrected chi connectivity index (χ2v) is 4.57. The third kappa shape index (κ3) is 2.79. The van der Waals surface area contributed by atoms with Gasteiger partial charge in [0.2, 0.25) is 0 Å². The van der Waals surface area contributed by atoms with E-state index in [-0.39, 0.29) is 11.6 Å². The molecule has 0 aliphatic heterocycles. The lowest BCUT2D eigenvalue weighted by Crippen LogP contribution is -2.31. The molecule has 6 nitrogen and oxygen atoms in total. The van der Waals surface area contributed by atoms with Crippen molar-refractivity contribution in [1.82, 2.24) is 14.9 Å². The fourth-order valence-electron chi connectivity index (χ4n) is 0.821. The minimum Gasteiger partial charge on any atom is -0.392 e. The van der Waals surface area contributed by atoms with Crippen LogP contribution in [0.5, 0.6) is 0 Å². The van der Waals surface area contributed by atoms with Crippen LogP contribution < -0.4 is 4.72 Å². The molecule has 80 valence electrons. The maximum absolute atomic E-state index is 11.4. The SMILES string of the molecule is CCC(O)CNS(=O)(=O)c1ccn[nH]1. The Bertz CT molecular complexity index is 360. The molecule has 1 rings (SSSR count). The van der Waals surface area contributed by atoms with Crippen molar-refractivity contribution in [3.8, 4) is 0 Å². The van der Waals surface area contributed by atoms with Gasteiger partial charge >= 0.3 is 0 Å². The lowest BCUT2D eigenvalue weighted by Gasteiger charge is -2.08. The molecule has 0 aromatic carbocycles. The number of hydrogen-bond donors (Lipinski definition) is 3. The molecule has 14 heavy (non-hydrogen) atoms. The Morgan fingerprint density at radius 2 is 2.43 bits per heavy atom. The largest absolute Gasteiger partial charge is 0.392 e. The van der Waals surface area contributed by atoms with Gasteiger partial charge in [-0.2, -0.15) is 5.10 Å². The molecule has 1 aromatic rings. The monoisotopic (exact) mass is 219 g/mol. The topological polar surface area (TPSA) is 95.1 Å². The Balaban J connectivity index is 2.60. The fourth-order valence-corrected chi connectivity index (χ4v) is 1.80. The first-order valence-electron chi connectivity index (χ1n) is 4.23. The molecule has 7 heteroatoms. The zero-order valence-corrected chi connectivity index (χ0v) is 8.58. The van der Waals surface area contributed by atoms with Crippen molar-refractivity contribution in [1.29, 1.82) is 0 Å². The minimum atomic E-state index is -3.55. The Morgan fingerprint density at radius 1 is 1.71 bits per heavy atom. The highest BCUT2D eigenvalue weighted by Gasteiger charge is 2.15. The van der Waals surface area contributed by atoms with Gasteiger partial charge in [0.15, 0.2) is 5.03 Å². The van der Waals surface area contributed by atoms with Crippen LogP contribution in [0.3, 0.4) is 0 Å². The summed E-state index contributed by atoms with van der Waals surface area (Å²) in [6, 6.07) is 1.35. The molecule has 0 bridgehead atoms. The van der Waals surface area contributed by atoms with Crippen LogP contribution in [0.4, 0.5) is 0 Å². The summed E-state index contributed by atoms with van der Waals surface area (Å²) in [5, 5.41) is 15.0. The van der Waals surface area contributed by atoms with Gasteiger partial charge in [-0.3, -0.25) is 5.10 Å². The quantitative estimate of drug-likeness (QED) is 0.619. The second kappa shape index (κ2) is 4.54. The number of hydrogen-bond acceptors (Lipinski definition) is 4. The molecular formula is C7H13N3O3S. The Morgan fingerprint density at radius 3 is 2.93 bits per heavy atom. The first-order chi connectivity index (χ1) is 6.56. The minimum absolute atomic E-state index is 0.000744. The molecule has 0 saturated carbocycles. The van der Waals surface area contributed by atoms with E-state index in [2.05, 4.69) is 14.9 Å². The molecule has 3 N–H and O–H groups in total. The fraction of sp³-hybridized carbons (Fsp3) is 0.571. The van der Waals surface area contributed by atoms with E-state index in [1.807, 2.05) is 0 Å². The highest BCUT2D eigenvalue weighted by atomic mass is 32.2. The smallest absolute Gasteiger partial charge is 0.257 e. The van der Waals surface area contributed by atoms with E-state index >= 15 is 0 Å². The summed E-state index contributed by atoms with van der Waals surface area (Å²) in [6.45, 7) is 1.78. The third-order valence-corrected chi connectivity index (χ3v) is 3.10. The number of aromatic amines is 1. The van der Waals surface area contributed by atoms with Crippen LogP contribution in [0.25, 0.3) is 0 Å². The first kappa shape index (κ1) is 11.2. The van der Waals surface area contributed by atoms with E-state index in [0.717, 1.165) is 0 Å². The molecule has 0 saturated heterocycles. The van der Waals surface area contributed by atoms with E-state index in [1.165, 1.54) is 12.3 Å². The van der Waals surface area contributed by atoms with E-state index < -0.39 is 16.1 Å². The van der Waals surface area contributed by atoms with E-state index in [4.69, 9.17) is 5.11 Å². The third-order valence-electron chi connectivity index (χ3n) is 1.74. The first-order valence-corrected chi connectivity index (χ1v) is 5.71. The number of aliphatic hydroxyl groups excluding tert-OH is 1. The summed E-state index contributed by atoms with van der Waals surface area (Å²) < 4.78 is 25.1. The van der Waals surface area contributed by atoms with Crippen molar-refractivity contribution in [2.45, 2.75) is 24.5 Å². The molecule has 0 spiro atoms. The summed E-state index contributed by atoms with van der Waals surface area (Å²) in [5.41, 5.74) is 0. The van der Waals surface area contributed by atoms with Crippen LogP contribution in [0.15, 0.2) is 17.3 Å². The molecule has 1 heterocycles. The number of H-pyrrole nitrogens is 1. The summed E-state index contributed by atoms with van der Waals surface area (Å²) in [7, 11) is -3.55. The van der Waals surface area contributed by atoms with Gasteiger partial charge in [-0.15, -0.1) is 0 Å². The molecule has 0 fully saturated rings. The number of aliphatic hydroxyl groups is 1. The predicted molar refractivity (Wildman–Crippen MR) is 50.1 cm³/mol. The maximum atomic E-state index is 11.4. The summed E-state index contributed by atoms with van der Waals surface area (Å²) in [6.07, 6.45) is 1.20. The molecule has 1 aromatic heterocycles. The van der Waals surface area contributed by atoms with Gasteiger partial charge in [-0.05, 0) is 12.5 Å². The second-order valence-electron chi connectivity index (χ2n) is 2.83. The Labute approximate surface area is 82.4 Å². The number of sulfonamides is 1. The van der Waals surface area contributed by atoms with Crippen molar-refractivity contribution in [2.24, 2.45) is 0 Å². The van der Waals surface area contributed by atoms with Crippen molar-refractivity contribution < 1.29 is 13.5 Å². The van der Waals surface area contributed by atoms with Crippen LogP contribution in [-0.4, -0.2) is 36.4 Å². The van der Waals surface area contributed by atoms with Crippen molar-refractivity contribution >= 4 is 10.0 Å². The van der Waals surface area contributed by atoms with Gasteiger partial charge in [-0.1, -0.05) is 6.92 Å². The number of aromatic nitrogens is 2. The number of nitrogens with zero attached hydrogens (tertiary/aromatic N) is 1. The van der Waals surface area contributed by atoms with Crippen molar-refractivity contribution in [3.05, 3.63) is 12.3 Å². The lowest BCUT2D eigenvalue weighted by atomic mass is 10.3. The van der Waals surface area contributed by atoms with Gasteiger partial charge in [0.05, 0.1) is 12.3 Å². The van der Waals surface area contributed by atoms with Crippen LogP contribution >= 0.6 is 0 Å². The highest BCUT2D eigenvalue weighted by Crippen LogP contribution is 2.02. The number of rotatable bonds is 5. The molecule has 0 aliphatic carbocycles. The maximum Gasteiger partial charge on any atom is 0.257 e. The average molecular weight is 219 g/mol. The molecule has 0 radical (unpaired) electrons. The standard InChI is InChI=1S/C7H13N3O3S/c1-2-6(11)5-9-14(12,13)7-3-4-8-10-7/h3-4,6,9,11H,2,5H2,1H3,(H,8,10). The van der Waals surface area contributed by atoms with Crippen molar-refractivity contribution in [3.63, 3.8) is 0 Å². The van der Waals surface area contributed by atoms with Crippen LogP contribution in [0.2, 0.25) is 0 Å². The highest BCUT2D eigenvalue weighted by molar-refractivity contribution is 7.89. The van der Waals surface area contributed by atoms with Crippen LogP contribution in [0.1, 0.15) is 13.3 Å². The number of nitrogens with one attached hydrogen (secondary N) is 2. The van der Waals surface area contributed by atoms with Crippen molar-refractivity contribution in [2.75, 3.05) is 6.54 Å². The predicted octanol–water partition coefficient (Wildman–Crippen LogP) is -0.541. The Kier molecular flexibility index (Phi) is 3.62. The van der Waals surface area contributed by atoms with Crippen LogP contribution in [-0.2, 0) is 10.0 Å². The zero-order valence-electron chi connectivity index (χ0n) is 7.77. The normalized spacial score (nSPS) is 14.1. The molecule has 0 amide bonds. The molecule has 0 aliphatic rings. The molecule has 1 atom stereocenters.